The predicted octanol–water partition coefficient (Wildman–Crippen LogP) is 1.28. The van der Waals surface area contributed by atoms with Crippen LogP contribution in [0.3, 0.4) is 0 Å². The third-order valence-corrected chi connectivity index (χ3v) is 5.13. The van der Waals surface area contributed by atoms with Crippen LogP contribution in [0.25, 0.3) is 5.57 Å². The molecule has 2 aliphatic rings. The maximum Gasteiger partial charge on any atom is 0.277 e. The summed E-state index contributed by atoms with van der Waals surface area (Å²) in [6.45, 7) is 7.89. The molecular formula is C20H27N3O3. The fraction of sp³-hybridized carbons (Fsp3) is 0.500. The number of imide groups is 1. The van der Waals surface area contributed by atoms with Gasteiger partial charge in [0.15, 0.2) is 0 Å². The molecule has 2 amide bonds. The number of hydrogen-bond donors (Lipinski definition) is 0. The molecule has 1 aromatic carbocycles. The molecule has 6 heteroatoms. The largest absolute Gasteiger partial charge is 0.383 e. The normalized spacial score (nSPS) is 19.1. The second-order valence-corrected chi connectivity index (χ2v) is 7.09. The number of amides is 2. The molecule has 1 saturated heterocycles. The van der Waals surface area contributed by atoms with Crippen molar-refractivity contribution in [3.63, 3.8) is 0 Å². The van der Waals surface area contributed by atoms with E-state index in [4.69, 9.17) is 4.74 Å². The zero-order valence-electron chi connectivity index (χ0n) is 16.0. The second kappa shape index (κ2) is 7.60. The molecule has 0 atom stereocenters. The first-order valence-corrected chi connectivity index (χ1v) is 9.04. The summed E-state index contributed by atoms with van der Waals surface area (Å²) in [4.78, 5) is 31.9. The summed E-state index contributed by atoms with van der Waals surface area (Å²) < 4.78 is 5.09. The van der Waals surface area contributed by atoms with Crippen LogP contribution in [0.2, 0.25) is 0 Å². The molecule has 26 heavy (non-hydrogen) atoms. The van der Waals surface area contributed by atoms with Crippen molar-refractivity contribution in [2.45, 2.75) is 13.8 Å². The highest BCUT2D eigenvalue weighted by molar-refractivity contribution is 6.35. The third kappa shape index (κ3) is 3.39. The molecule has 2 aliphatic heterocycles. The van der Waals surface area contributed by atoms with Crippen molar-refractivity contribution in [2.75, 3.05) is 53.5 Å². The van der Waals surface area contributed by atoms with Gasteiger partial charge in [0, 0.05) is 33.3 Å². The van der Waals surface area contributed by atoms with Crippen molar-refractivity contribution in [3.05, 3.63) is 40.6 Å². The lowest BCUT2D eigenvalue weighted by molar-refractivity contribution is -0.138. The van der Waals surface area contributed by atoms with Crippen molar-refractivity contribution in [2.24, 2.45) is 0 Å². The summed E-state index contributed by atoms with van der Waals surface area (Å²) >= 11 is 0. The number of likely N-dealkylation sites (N-methyl/N-ethyl adjacent to an activating group) is 1. The van der Waals surface area contributed by atoms with E-state index in [9.17, 15) is 9.59 Å². The van der Waals surface area contributed by atoms with Crippen molar-refractivity contribution in [1.29, 1.82) is 0 Å². The first-order valence-electron chi connectivity index (χ1n) is 9.04. The molecule has 0 unspecified atom stereocenters. The Hall–Kier alpha value is -2.18. The molecule has 1 aromatic rings. The first kappa shape index (κ1) is 18.6. The van der Waals surface area contributed by atoms with Gasteiger partial charge in [-0.05, 0) is 32.0 Å². The summed E-state index contributed by atoms with van der Waals surface area (Å²) in [5, 5.41) is 0. The van der Waals surface area contributed by atoms with Gasteiger partial charge in [-0.1, -0.05) is 23.8 Å². The van der Waals surface area contributed by atoms with E-state index in [2.05, 4.69) is 22.9 Å². The number of rotatable bonds is 5. The van der Waals surface area contributed by atoms with Crippen LogP contribution in [0.4, 0.5) is 0 Å². The Bertz CT molecular complexity index is 749. The van der Waals surface area contributed by atoms with E-state index in [1.807, 2.05) is 26.0 Å². The molecule has 3 rings (SSSR count). The SMILES string of the molecule is COCCN1C(=O)C(c2ccc(C)cc2C)=C(N2CCN(C)CC2)C1=O. The molecule has 2 heterocycles. The Kier molecular flexibility index (Phi) is 5.44. The molecular weight excluding hydrogens is 330 g/mol. The van der Waals surface area contributed by atoms with E-state index >= 15 is 0 Å². The fourth-order valence-electron chi connectivity index (χ4n) is 3.61. The van der Waals surface area contributed by atoms with E-state index in [0.29, 0.717) is 17.9 Å². The van der Waals surface area contributed by atoms with Crippen LogP contribution in [0.1, 0.15) is 16.7 Å². The summed E-state index contributed by atoms with van der Waals surface area (Å²) in [6, 6.07) is 6.01. The Balaban J connectivity index is 2.05. The highest BCUT2D eigenvalue weighted by Crippen LogP contribution is 2.33. The van der Waals surface area contributed by atoms with Gasteiger partial charge in [-0.2, -0.15) is 0 Å². The van der Waals surface area contributed by atoms with Gasteiger partial charge in [0.05, 0.1) is 18.7 Å². The van der Waals surface area contributed by atoms with Crippen molar-refractivity contribution < 1.29 is 14.3 Å². The number of piperazine rings is 1. The molecule has 0 spiro atoms. The minimum Gasteiger partial charge on any atom is -0.383 e. The lowest BCUT2D eigenvalue weighted by atomic mass is 9.97. The van der Waals surface area contributed by atoms with Gasteiger partial charge >= 0.3 is 0 Å². The number of ether oxygens (including phenoxy) is 1. The molecule has 0 aliphatic carbocycles. The Morgan fingerprint density at radius 1 is 1.04 bits per heavy atom. The van der Waals surface area contributed by atoms with Crippen molar-refractivity contribution in [1.82, 2.24) is 14.7 Å². The maximum absolute atomic E-state index is 13.1. The topological polar surface area (TPSA) is 53.1 Å². The van der Waals surface area contributed by atoms with Crippen LogP contribution < -0.4 is 0 Å². The van der Waals surface area contributed by atoms with Crippen LogP contribution in [-0.4, -0.2) is 80.0 Å². The summed E-state index contributed by atoms with van der Waals surface area (Å²) in [7, 11) is 3.65. The zero-order valence-corrected chi connectivity index (χ0v) is 16.0. The Labute approximate surface area is 155 Å². The summed E-state index contributed by atoms with van der Waals surface area (Å²) in [5.41, 5.74) is 4.09. The number of nitrogens with zero attached hydrogens (tertiary/aromatic N) is 3. The van der Waals surface area contributed by atoms with Crippen molar-refractivity contribution in [3.8, 4) is 0 Å². The monoisotopic (exact) mass is 357 g/mol. The smallest absolute Gasteiger partial charge is 0.277 e. The van der Waals surface area contributed by atoms with E-state index < -0.39 is 0 Å². The van der Waals surface area contributed by atoms with E-state index in [1.54, 1.807) is 7.11 Å². The third-order valence-electron chi connectivity index (χ3n) is 5.13. The van der Waals surface area contributed by atoms with Crippen LogP contribution in [0.5, 0.6) is 0 Å². The van der Waals surface area contributed by atoms with Gasteiger partial charge in [-0.15, -0.1) is 0 Å². The predicted molar refractivity (Wildman–Crippen MR) is 101 cm³/mol. The van der Waals surface area contributed by atoms with E-state index in [1.165, 1.54) is 4.90 Å². The lowest BCUT2D eigenvalue weighted by Gasteiger charge is -2.34. The van der Waals surface area contributed by atoms with Crippen LogP contribution in [-0.2, 0) is 14.3 Å². The van der Waals surface area contributed by atoms with Gasteiger partial charge < -0.3 is 14.5 Å². The minimum atomic E-state index is -0.215. The van der Waals surface area contributed by atoms with Gasteiger partial charge in [-0.25, -0.2) is 0 Å². The maximum atomic E-state index is 13.1. The molecule has 6 nitrogen and oxygen atoms in total. The van der Waals surface area contributed by atoms with Crippen LogP contribution in [0, 0.1) is 13.8 Å². The Morgan fingerprint density at radius 2 is 1.73 bits per heavy atom. The molecule has 0 saturated carbocycles. The average Bonchev–Trinajstić information content (AvgIpc) is 2.85. The number of carbonyl (C=O) groups is 2. The molecule has 1 fully saturated rings. The zero-order chi connectivity index (χ0) is 18.8. The summed E-state index contributed by atoms with van der Waals surface area (Å²) in [5.74, 6) is -0.417. The second-order valence-electron chi connectivity index (χ2n) is 7.09. The molecule has 0 aromatic heterocycles. The van der Waals surface area contributed by atoms with Crippen LogP contribution >= 0.6 is 0 Å². The van der Waals surface area contributed by atoms with E-state index in [-0.39, 0.29) is 18.4 Å². The lowest BCUT2D eigenvalue weighted by Crippen LogP contribution is -2.46. The van der Waals surface area contributed by atoms with Gasteiger partial charge in [0.1, 0.15) is 5.70 Å². The first-order chi connectivity index (χ1) is 12.4. The number of carbonyl (C=O) groups excluding carboxylic acids is 2. The molecule has 140 valence electrons. The van der Waals surface area contributed by atoms with Gasteiger partial charge in [-0.3, -0.25) is 14.5 Å². The minimum absolute atomic E-state index is 0.202. The fourth-order valence-corrected chi connectivity index (χ4v) is 3.61. The average molecular weight is 357 g/mol. The highest BCUT2D eigenvalue weighted by Gasteiger charge is 2.42. The highest BCUT2D eigenvalue weighted by atomic mass is 16.5. The van der Waals surface area contributed by atoms with E-state index in [0.717, 1.165) is 42.9 Å². The molecule has 0 bridgehead atoms. The summed E-state index contributed by atoms with van der Waals surface area (Å²) in [6.07, 6.45) is 0. The number of benzene rings is 1. The standard InChI is InChI=1S/C20H27N3O3/c1-14-5-6-16(15(2)13-14)17-18(22-9-7-21(3)8-10-22)20(25)23(19(17)24)11-12-26-4/h5-6,13H,7-12H2,1-4H3. The van der Waals surface area contributed by atoms with Crippen molar-refractivity contribution >= 4 is 17.4 Å². The van der Waals surface area contributed by atoms with Gasteiger partial charge in [0.25, 0.3) is 11.8 Å². The Morgan fingerprint density at radius 3 is 2.35 bits per heavy atom. The number of methoxy groups -OCH3 is 1. The molecule has 0 N–H and O–H groups in total. The van der Waals surface area contributed by atoms with Crippen LogP contribution in [0.15, 0.2) is 23.9 Å². The molecule has 0 radical (unpaired) electrons. The quantitative estimate of drug-likeness (QED) is 0.743. The number of aryl methyl sites for hydroxylation is 2. The number of hydrogen-bond acceptors (Lipinski definition) is 5. The van der Waals surface area contributed by atoms with Gasteiger partial charge in [0.2, 0.25) is 0 Å².